The third kappa shape index (κ3) is 2.22. The van der Waals surface area contributed by atoms with Gasteiger partial charge in [0.25, 0.3) is 0 Å². The summed E-state index contributed by atoms with van der Waals surface area (Å²) in [6, 6.07) is 3.54. The molecule has 7 nitrogen and oxygen atoms in total. The highest BCUT2D eigenvalue weighted by molar-refractivity contribution is 5.98. The molecule has 2 aromatic rings. The van der Waals surface area contributed by atoms with E-state index in [1.807, 2.05) is 0 Å². The van der Waals surface area contributed by atoms with Gasteiger partial charge in [-0.05, 0) is 25.0 Å². The Hall–Kier alpha value is -2.44. The first-order valence-corrected chi connectivity index (χ1v) is 6.52. The Balaban J connectivity index is 1.77. The molecule has 1 unspecified atom stereocenters. The van der Waals surface area contributed by atoms with Crippen LogP contribution in [0.3, 0.4) is 0 Å². The summed E-state index contributed by atoms with van der Waals surface area (Å²) in [6.45, 7) is 0.405. The normalized spacial score (nSPS) is 19.3. The number of piperidine rings is 1. The van der Waals surface area contributed by atoms with Gasteiger partial charge in [-0.25, -0.2) is 9.78 Å². The van der Waals surface area contributed by atoms with Gasteiger partial charge in [0.2, 0.25) is 11.8 Å². The molecule has 7 heteroatoms. The number of rotatable bonds is 3. The van der Waals surface area contributed by atoms with Crippen LogP contribution in [0.2, 0.25) is 0 Å². The van der Waals surface area contributed by atoms with Crippen molar-refractivity contribution >= 4 is 23.0 Å². The monoisotopic (exact) mass is 274 g/mol. The van der Waals surface area contributed by atoms with Crippen LogP contribution in [0.1, 0.15) is 19.3 Å². The Bertz CT molecular complexity index is 731. The number of amides is 2. The number of imidazole rings is 1. The summed E-state index contributed by atoms with van der Waals surface area (Å²) < 4.78 is 1.53. The van der Waals surface area contributed by atoms with Gasteiger partial charge in [0, 0.05) is 25.1 Å². The predicted octanol–water partition coefficient (Wildman–Crippen LogP) is 0.168. The number of carbonyl (C=O) groups excluding carboxylic acids is 2. The fourth-order valence-corrected chi connectivity index (χ4v) is 2.49. The molecule has 104 valence electrons. The van der Waals surface area contributed by atoms with E-state index in [2.05, 4.69) is 15.3 Å². The van der Waals surface area contributed by atoms with Gasteiger partial charge < -0.3 is 4.98 Å². The van der Waals surface area contributed by atoms with Crippen LogP contribution in [-0.2, 0) is 16.1 Å². The first kappa shape index (κ1) is 12.6. The SMILES string of the molecule is O=C1CCC(CCn2c(=O)[nH]c3cccnc32)C(=O)N1. The van der Waals surface area contributed by atoms with Gasteiger partial charge in [-0.15, -0.1) is 0 Å². The predicted molar refractivity (Wildman–Crippen MR) is 70.8 cm³/mol. The van der Waals surface area contributed by atoms with Gasteiger partial charge >= 0.3 is 5.69 Å². The number of H-pyrrole nitrogens is 1. The van der Waals surface area contributed by atoms with Crippen LogP contribution in [-0.4, -0.2) is 26.3 Å². The van der Waals surface area contributed by atoms with Crippen molar-refractivity contribution in [3.05, 3.63) is 28.8 Å². The zero-order valence-electron chi connectivity index (χ0n) is 10.8. The lowest BCUT2D eigenvalue weighted by Gasteiger charge is -2.20. The molecule has 0 aromatic carbocycles. The molecule has 0 bridgehead atoms. The molecule has 2 aromatic heterocycles. The lowest BCUT2D eigenvalue weighted by molar-refractivity contribution is -0.136. The second kappa shape index (κ2) is 4.92. The van der Waals surface area contributed by atoms with Gasteiger partial charge in [0.1, 0.15) is 0 Å². The van der Waals surface area contributed by atoms with E-state index in [0.29, 0.717) is 37.0 Å². The molecule has 2 N–H and O–H groups in total. The number of hydrogen-bond donors (Lipinski definition) is 2. The van der Waals surface area contributed by atoms with Gasteiger partial charge in [0.05, 0.1) is 5.52 Å². The summed E-state index contributed by atoms with van der Waals surface area (Å²) in [5.41, 5.74) is 1.04. The van der Waals surface area contributed by atoms with Gasteiger partial charge in [-0.3, -0.25) is 19.5 Å². The number of hydrogen-bond acceptors (Lipinski definition) is 4. The topological polar surface area (TPSA) is 96.8 Å². The number of aromatic amines is 1. The molecule has 1 saturated heterocycles. The number of nitrogens with one attached hydrogen (secondary N) is 2. The number of carbonyl (C=O) groups is 2. The van der Waals surface area contributed by atoms with Crippen LogP contribution in [0, 0.1) is 5.92 Å². The number of aromatic nitrogens is 3. The summed E-state index contributed by atoms with van der Waals surface area (Å²) in [7, 11) is 0. The molecule has 3 rings (SSSR count). The van der Waals surface area contributed by atoms with Crippen molar-refractivity contribution in [2.24, 2.45) is 5.92 Å². The molecule has 0 radical (unpaired) electrons. The maximum atomic E-state index is 11.9. The zero-order chi connectivity index (χ0) is 14.1. The van der Waals surface area contributed by atoms with Crippen LogP contribution in [0.5, 0.6) is 0 Å². The highest BCUT2D eigenvalue weighted by atomic mass is 16.2. The van der Waals surface area contributed by atoms with Crippen LogP contribution in [0.25, 0.3) is 11.2 Å². The minimum absolute atomic E-state index is 0.225. The van der Waals surface area contributed by atoms with E-state index < -0.39 is 0 Å². The summed E-state index contributed by atoms with van der Waals surface area (Å²) in [5.74, 6) is -0.701. The van der Waals surface area contributed by atoms with E-state index in [0.717, 1.165) is 0 Å². The van der Waals surface area contributed by atoms with E-state index in [1.165, 1.54) is 4.57 Å². The number of aryl methyl sites for hydroxylation is 1. The molecule has 1 fully saturated rings. The van der Waals surface area contributed by atoms with E-state index >= 15 is 0 Å². The fraction of sp³-hybridized carbons (Fsp3) is 0.385. The Morgan fingerprint density at radius 3 is 3.00 bits per heavy atom. The second-order valence-electron chi connectivity index (χ2n) is 4.89. The third-order valence-corrected chi connectivity index (χ3v) is 3.58. The molecular weight excluding hydrogens is 260 g/mol. The molecule has 1 aliphatic rings. The number of imide groups is 1. The Morgan fingerprint density at radius 2 is 2.20 bits per heavy atom. The fourth-order valence-electron chi connectivity index (χ4n) is 2.49. The van der Waals surface area contributed by atoms with E-state index in [4.69, 9.17) is 0 Å². The van der Waals surface area contributed by atoms with Crippen molar-refractivity contribution in [3.8, 4) is 0 Å². The van der Waals surface area contributed by atoms with Crippen molar-refractivity contribution in [2.75, 3.05) is 0 Å². The first-order chi connectivity index (χ1) is 9.65. The minimum Gasteiger partial charge on any atom is -0.304 e. The highest BCUT2D eigenvalue weighted by Gasteiger charge is 2.26. The maximum absolute atomic E-state index is 11.9. The number of pyridine rings is 1. The summed E-state index contributed by atoms with van der Waals surface area (Å²) in [5, 5.41) is 2.32. The first-order valence-electron chi connectivity index (χ1n) is 6.52. The van der Waals surface area contributed by atoms with E-state index in [1.54, 1.807) is 18.3 Å². The van der Waals surface area contributed by atoms with Gasteiger partial charge in [-0.1, -0.05) is 0 Å². The second-order valence-corrected chi connectivity index (χ2v) is 4.89. The smallest absolute Gasteiger partial charge is 0.304 e. The van der Waals surface area contributed by atoms with Crippen LogP contribution >= 0.6 is 0 Å². The molecule has 0 saturated carbocycles. The lowest BCUT2D eigenvalue weighted by Crippen LogP contribution is -2.41. The van der Waals surface area contributed by atoms with E-state index in [-0.39, 0.29) is 23.4 Å². The largest absolute Gasteiger partial charge is 0.327 e. The third-order valence-electron chi connectivity index (χ3n) is 3.58. The number of nitrogens with zero attached hydrogens (tertiary/aromatic N) is 2. The molecule has 20 heavy (non-hydrogen) atoms. The average molecular weight is 274 g/mol. The Kier molecular flexibility index (Phi) is 3.09. The molecular formula is C13H14N4O3. The van der Waals surface area contributed by atoms with Crippen LogP contribution in [0.15, 0.2) is 23.1 Å². The number of fused-ring (bicyclic) bond motifs is 1. The molecule has 0 spiro atoms. The summed E-state index contributed by atoms with van der Waals surface area (Å²) >= 11 is 0. The van der Waals surface area contributed by atoms with Crippen molar-refractivity contribution in [3.63, 3.8) is 0 Å². The molecule has 0 aliphatic carbocycles. The molecule has 2 amide bonds. The standard InChI is InChI=1S/C13H14N4O3/c18-10-4-3-8(12(19)16-10)5-7-17-11-9(15-13(17)20)2-1-6-14-11/h1-2,6,8H,3-5,7H2,(H,15,20)(H,16,18,19). The quantitative estimate of drug-likeness (QED) is 0.779. The summed E-state index contributed by atoms with van der Waals surface area (Å²) in [6.07, 6.45) is 3.04. The highest BCUT2D eigenvalue weighted by Crippen LogP contribution is 2.17. The molecule has 1 atom stereocenters. The van der Waals surface area contributed by atoms with Crippen molar-refractivity contribution in [1.29, 1.82) is 0 Å². The van der Waals surface area contributed by atoms with Gasteiger partial charge in [0.15, 0.2) is 5.65 Å². The van der Waals surface area contributed by atoms with Crippen molar-refractivity contribution in [1.82, 2.24) is 19.9 Å². The Labute approximate surface area is 114 Å². The lowest BCUT2D eigenvalue weighted by atomic mass is 9.95. The van der Waals surface area contributed by atoms with Crippen LogP contribution in [0.4, 0.5) is 0 Å². The summed E-state index contributed by atoms with van der Waals surface area (Å²) in [4.78, 5) is 41.5. The maximum Gasteiger partial charge on any atom is 0.327 e. The van der Waals surface area contributed by atoms with Crippen molar-refractivity contribution < 1.29 is 9.59 Å². The molecule has 3 heterocycles. The zero-order valence-corrected chi connectivity index (χ0v) is 10.8. The average Bonchev–Trinajstić information content (AvgIpc) is 2.74. The minimum atomic E-state index is -0.248. The molecule has 1 aliphatic heterocycles. The Morgan fingerprint density at radius 1 is 1.35 bits per heavy atom. The van der Waals surface area contributed by atoms with Crippen molar-refractivity contribution in [2.45, 2.75) is 25.8 Å². The van der Waals surface area contributed by atoms with E-state index in [9.17, 15) is 14.4 Å². The van der Waals surface area contributed by atoms with Gasteiger partial charge in [-0.2, -0.15) is 0 Å². The van der Waals surface area contributed by atoms with Crippen LogP contribution < -0.4 is 11.0 Å².